The molecule has 3 rings (SSSR count). The molecule has 2 aromatic carbocycles. The minimum Gasteiger partial charge on any atom is -0.327 e. The van der Waals surface area contributed by atoms with E-state index in [0.29, 0.717) is 6.54 Å². The van der Waals surface area contributed by atoms with Crippen molar-refractivity contribution in [2.24, 2.45) is 12.8 Å². The lowest BCUT2D eigenvalue weighted by molar-refractivity contribution is 0.958. The van der Waals surface area contributed by atoms with E-state index < -0.39 is 0 Å². The van der Waals surface area contributed by atoms with Gasteiger partial charge in [-0.3, -0.25) is 0 Å². The number of aromatic nitrogens is 2. The third-order valence-corrected chi connectivity index (χ3v) is 4.49. The molecule has 20 heavy (non-hydrogen) atoms. The Morgan fingerprint density at radius 2 is 2.00 bits per heavy atom. The van der Waals surface area contributed by atoms with Crippen LogP contribution in [0.4, 0.5) is 0 Å². The zero-order valence-electron chi connectivity index (χ0n) is 11.5. The van der Waals surface area contributed by atoms with Gasteiger partial charge in [0, 0.05) is 23.6 Å². The van der Waals surface area contributed by atoms with Crippen LogP contribution in [0.15, 0.2) is 40.9 Å². The van der Waals surface area contributed by atoms with Gasteiger partial charge in [-0.2, -0.15) is 0 Å². The molecule has 2 N–H and O–H groups in total. The third-order valence-electron chi connectivity index (χ3n) is 3.60. The summed E-state index contributed by atoms with van der Waals surface area (Å²) in [4.78, 5) is 4.75. The largest absolute Gasteiger partial charge is 0.327 e. The molecular formula is C16H16BrN3. The number of imidazole rings is 1. The number of hydrogen-bond acceptors (Lipinski definition) is 2. The first-order chi connectivity index (χ1) is 9.60. The molecule has 0 amide bonds. The Labute approximate surface area is 126 Å². The fraction of sp³-hybridized carbons (Fsp3) is 0.188. The maximum Gasteiger partial charge on any atom is 0.140 e. The number of hydrogen-bond donors (Lipinski definition) is 1. The maximum absolute atomic E-state index is 5.69. The van der Waals surface area contributed by atoms with Crippen molar-refractivity contribution in [3.05, 3.63) is 52.0 Å². The van der Waals surface area contributed by atoms with Crippen molar-refractivity contribution in [1.29, 1.82) is 0 Å². The van der Waals surface area contributed by atoms with Gasteiger partial charge in [0.25, 0.3) is 0 Å². The van der Waals surface area contributed by atoms with Crippen molar-refractivity contribution >= 4 is 27.0 Å². The van der Waals surface area contributed by atoms with Crippen LogP contribution in [0, 0.1) is 6.92 Å². The summed E-state index contributed by atoms with van der Waals surface area (Å²) in [6.07, 6.45) is 0. The van der Waals surface area contributed by atoms with Crippen LogP contribution in [0.5, 0.6) is 0 Å². The topological polar surface area (TPSA) is 43.8 Å². The maximum atomic E-state index is 5.69. The number of aryl methyl sites for hydroxylation is 2. The van der Waals surface area contributed by atoms with Crippen molar-refractivity contribution in [1.82, 2.24) is 9.55 Å². The highest BCUT2D eigenvalue weighted by Gasteiger charge is 2.11. The standard InChI is InChI=1S/C16H16BrN3/c1-10-7-12(4-5-13(10)17)16-19-14-8-11(9-18)3-6-15(14)20(16)2/h3-8H,9,18H2,1-2H3. The van der Waals surface area contributed by atoms with E-state index in [-0.39, 0.29) is 0 Å². The molecule has 3 nitrogen and oxygen atoms in total. The highest BCUT2D eigenvalue weighted by atomic mass is 79.9. The van der Waals surface area contributed by atoms with Gasteiger partial charge in [0.05, 0.1) is 11.0 Å². The molecule has 1 aromatic heterocycles. The van der Waals surface area contributed by atoms with Gasteiger partial charge in [-0.05, 0) is 42.3 Å². The minimum absolute atomic E-state index is 0.541. The second-order valence-electron chi connectivity index (χ2n) is 4.99. The van der Waals surface area contributed by atoms with E-state index in [1.807, 2.05) is 7.05 Å². The summed E-state index contributed by atoms with van der Waals surface area (Å²) in [5.41, 5.74) is 11.2. The smallest absolute Gasteiger partial charge is 0.140 e. The molecule has 0 atom stereocenters. The molecule has 0 saturated carbocycles. The Morgan fingerprint density at radius 1 is 1.20 bits per heavy atom. The fourth-order valence-corrected chi connectivity index (χ4v) is 2.66. The lowest BCUT2D eigenvalue weighted by Crippen LogP contribution is -1.96. The van der Waals surface area contributed by atoms with Gasteiger partial charge >= 0.3 is 0 Å². The summed E-state index contributed by atoms with van der Waals surface area (Å²) in [5, 5.41) is 0. The van der Waals surface area contributed by atoms with E-state index in [1.165, 1.54) is 5.56 Å². The summed E-state index contributed by atoms with van der Waals surface area (Å²) in [5.74, 6) is 0.977. The van der Waals surface area contributed by atoms with Gasteiger partial charge in [-0.15, -0.1) is 0 Å². The molecule has 102 valence electrons. The van der Waals surface area contributed by atoms with Crippen molar-refractivity contribution in [3.8, 4) is 11.4 Å². The lowest BCUT2D eigenvalue weighted by Gasteiger charge is -2.05. The summed E-state index contributed by atoms with van der Waals surface area (Å²) in [6.45, 7) is 2.63. The van der Waals surface area contributed by atoms with Crippen LogP contribution in [-0.2, 0) is 13.6 Å². The zero-order valence-corrected chi connectivity index (χ0v) is 13.1. The molecule has 0 aliphatic rings. The Bertz CT molecular complexity index is 790. The van der Waals surface area contributed by atoms with Gasteiger partial charge in [0.15, 0.2) is 0 Å². The summed E-state index contributed by atoms with van der Waals surface area (Å²) < 4.78 is 3.24. The van der Waals surface area contributed by atoms with Gasteiger partial charge in [0.1, 0.15) is 5.82 Å². The first-order valence-electron chi connectivity index (χ1n) is 6.52. The highest BCUT2D eigenvalue weighted by molar-refractivity contribution is 9.10. The van der Waals surface area contributed by atoms with Gasteiger partial charge in [-0.25, -0.2) is 4.98 Å². The number of fused-ring (bicyclic) bond motifs is 1. The molecule has 0 aliphatic heterocycles. The lowest BCUT2D eigenvalue weighted by atomic mass is 10.1. The molecule has 0 bridgehead atoms. The fourth-order valence-electron chi connectivity index (χ4n) is 2.41. The number of nitrogens with zero attached hydrogens (tertiary/aromatic N) is 2. The number of rotatable bonds is 2. The second-order valence-corrected chi connectivity index (χ2v) is 5.84. The Kier molecular flexibility index (Phi) is 3.36. The predicted octanol–water partition coefficient (Wildman–Crippen LogP) is 3.77. The van der Waals surface area contributed by atoms with Gasteiger partial charge < -0.3 is 10.3 Å². The summed E-state index contributed by atoms with van der Waals surface area (Å²) >= 11 is 3.53. The zero-order chi connectivity index (χ0) is 14.3. The third kappa shape index (κ3) is 2.15. The average molecular weight is 330 g/mol. The van der Waals surface area contributed by atoms with Crippen LogP contribution < -0.4 is 5.73 Å². The van der Waals surface area contributed by atoms with Crippen molar-refractivity contribution < 1.29 is 0 Å². The highest BCUT2D eigenvalue weighted by Crippen LogP contribution is 2.27. The molecular weight excluding hydrogens is 314 g/mol. The van der Waals surface area contributed by atoms with E-state index in [4.69, 9.17) is 10.7 Å². The molecule has 3 aromatic rings. The molecule has 0 saturated heterocycles. The van der Waals surface area contributed by atoms with E-state index >= 15 is 0 Å². The quantitative estimate of drug-likeness (QED) is 0.777. The molecule has 4 heteroatoms. The first kappa shape index (κ1) is 13.3. The molecule has 0 unspecified atom stereocenters. The average Bonchev–Trinajstić information content (AvgIpc) is 2.78. The van der Waals surface area contributed by atoms with Crippen LogP contribution in [0.25, 0.3) is 22.4 Å². The molecule has 1 heterocycles. The van der Waals surface area contributed by atoms with E-state index in [1.54, 1.807) is 0 Å². The SMILES string of the molecule is Cc1cc(-c2nc3cc(CN)ccc3n2C)ccc1Br. The molecule has 0 radical (unpaired) electrons. The van der Waals surface area contributed by atoms with Crippen LogP contribution >= 0.6 is 15.9 Å². The van der Waals surface area contributed by atoms with Gasteiger partial charge in [-0.1, -0.05) is 28.1 Å². The van der Waals surface area contributed by atoms with Gasteiger partial charge in [0.2, 0.25) is 0 Å². The monoisotopic (exact) mass is 329 g/mol. The van der Waals surface area contributed by atoms with Crippen molar-refractivity contribution in [2.75, 3.05) is 0 Å². The summed E-state index contributed by atoms with van der Waals surface area (Å²) in [6, 6.07) is 12.5. The van der Waals surface area contributed by atoms with E-state index in [9.17, 15) is 0 Å². The Morgan fingerprint density at radius 3 is 2.70 bits per heavy atom. The molecule has 0 aliphatic carbocycles. The Balaban J connectivity index is 2.20. The number of halogens is 1. The first-order valence-corrected chi connectivity index (χ1v) is 7.31. The minimum atomic E-state index is 0.541. The molecule has 0 fully saturated rings. The normalized spacial score (nSPS) is 11.2. The van der Waals surface area contributed by atoms with Crippen LogP contribution in [0.1, 0.15) is 11.1 Å². The van der Waals surface area contributed by atoms with Crippen molar-refractivity contribution in [2.45, 2.75) is 13.5 Å². The van der Waals surface area contributed by atoms with Crippen molar-refractivity contribution in [3.63, 3.8) is 0 Å². The van der Waals surface area contributed by atoms with Crippen LogP contribution in [0.3, 0.4) is 0 Å². The van der Waals surface area contributed by atoms with Crippen LogP contribution in [-0.4, -0.2) is 9.55 Å². The number of nitrogens with two attached hydrogens (primary N) is 1. The number of benzene rings is 2. The van der Waals surface area contributed by atoms with E-state index in [0.717, 1.165) is 32.5 Å². The molecule has 0 spiro atoms. The van der Waals surface area contributed by atoms with Crippen LogP contribution in [0.2, 0.25) is 0 Å². The Hall–Kier alpha value is -1.65. The van der Waals surface area contributed by atoms with E-state index in [2.05, 4.69) is 63.8 Å². The summed E-state index contributed by atoms with van der Waals surface area (Å²) in [7, 11) is 2.05. The predicted molar refractivity (Wildman–Crippen MR) is 86.5 cm³/mol. The second kappa shape index (κ2) is 5.04.